The molecule has 0 radical (unpaired) electrons. The lowest BCUT2D eigenvalue weighted by atomic mass is 9.77. The SMILES string of the molecule is O=C(O)C[C@H]1C[C@H]2CC[C@H]2C1. The number of aliphatic carboxylic acids is 1. The predicted molar refractivity (Wildman–Crippen MR) is 41.2 cm³/mol. The number of hydrogen-bond acceptors (Lipinski definition) is 1. The number of hydrogen-bond donors (Lipinski definition) is 1. The normalized spacial score (nSPS) is 41.3. The molecule has 2 nitrogen and oxygen atoms in total. The van der Waals surface area contributed by atoms with Crippen LogP contribution in [0.2, 0.25) is 0 Å². The Labute approximate surface area is 66.6 Å². The average molecular weight is 154 g/mol. The molecule has 0 aromatic carbocycles. The van der Waals surface area contributed by atoms with Crippen molar-refractivity contribution in [3.05, 3.63) is 0 Å². The van der Waals surface area contributed by atoms with Gasteiger partial charge in [0.15, 0.2) is 0 Å². The molecular formula is C9H14O2. The van der Waals surface area contributed by atoms with Crippen LogP contribution in [0.15, 0.2) is 0 Å². The van der Waals surface area contributed by atoms with Crippen molar-refractivity contribution in [2.75, 3.05) is 0 Å². The van der Waals surface area contributed by atoms with E-state index in [1.54, 1.807) is 0 Å². The third kappa shape index (κ3) is 1.26. The molecule has 1 N–H and O–H groups in total. The lowest BCUT2D eigenvalue weighted by Crippen LogP contribution is -2.18. The third-order valence-electron chi connectivity index (χ3n) is 3.31. The minimum Gasteiger partial charge on any atom is -0.481 e. The first-order valence-corrected chi connectivity index (χ1v) is 4.47. The van der Waals surface area contributed by atoms with Crippen LogP contribution in [0.1, 0.15) is 32.1 Å². The van der Waals surface area contributed by atoms with E-state index in [0.29, 0.717) is 12.3 Å². The molecule has 62 valence electrons. The summed E-state index contributed by atoms with van der Waals surface area (Å²) < 4.78 is 0. The molecule has 2 rings (SSSR count). The Hall–Kier alpha value is -0.530. The molecule has 3 atom stereocenters. The maximum Gasteiger partial charge on any atom is 0.303 e. The second-order valence-electron chi connectivity index (χ2n) is 4.03. The zero-order valence-electron chi connectivity index (χ0n) is 6.62. The van der Waals surface area contributed by atoms with Gasteiger partial charge in [-0.2, -0.15) is 0 Å². The summed E-state index contributed by atoms with van der Waals surface area (Å²) in [5.74, 6) is 1.69. The number of carbonyl (C=O) groups is 1. The van der Waals surface area contributed by atoms with Crippen LogP contribution in [-0.4, -0.2) is 11.1 Å². The molecular weight excluding hydrogens is 140 g/mol. The summed E-state index contributed by atoms with van der Waals surface area (Å²) in [7, 11) is 0. The van der Waals surface area contributed by atoms with Gasteiger partial charge in [0.05, 0.1) is 0 Å². The zero-order chi connectivity index (χ0) is 7.84. The summed E-state index contributed by atoms with van der Waals surface area (Å²) in [4.78, 5) is 10.4. The van der Waals surface area contributed by atoms with Crippen LogP contribution in [0.25, 0.3) is 0 Å². The Bertz CT molecular complexity index is 164. The summed E-state index contributed by atoms with van der Waals surface area (Å²) in [6.45, 7) is 0. The Morgan fingerprint density at radius 1 is 1.27 bits per heavy atom. The van der Waals surface area contributed by atoms with Gasteiger partial charge in [-0.3, -0.25) is 4.79 Å². The zero-order valence-corrected chi connectivity index (χ0v) is 6.62. The smallest absolute Gasteiger partial charge is 0.303 e. The lowest BCUT2D eigenvalue weighted by Gasteiger charge is -2.29. The molecule has 2 aliphatic carbocycles. The number of fused-ring (bicyclic) bond motifs is 1. The van der Waals surface area contributed by atoms with Crippen molar-refractivity contribution < 1.29 is 9.90 Å². The van der Waals surface area contributed by atoms with Crippen molar-refractivity contribution in [2.45, 2.75) is 32.1 Å². The molecule has 0 aromatic rings. The number of carboxylic acids is 1. The van der Waals surface area contributed by atoms with Gasteiger partial charge in [0.2, 0.25) is 0 Å². The Balaban J connectivity index is 1.84. The topological polar surface area (TPSA) is 37.3 Å². The molecule has 2 heteroatoms. The fourth-order valence-corrected chi connectivity index (χ4v) is 2.62. The molecule has 0 amide bonds. The first-order valence-electron chi connectivity index (χ1n) is 4.47. The van der Waals surface area contributed by atoms with Gasteiger partial charge in [-0.1, -0.05) is 0 Å². The molecule has 11 heavy (non-hydrogen) atoms. The average Bonchev–Trinajstić information content (AvgIpc) is 2.12. The number of rotatable bonds is 2. The summed E-state index contributed by atoms with van der Waals surface area (Å²) in [6, 6.07) is 0. The molecule has 2 aliphatic rings. The molecule has 0 bridgehead atoms. The van der Waals surface area contributed by atoms with Gasteiger partial charge in [0.1, 0.15) is 0 Å². The van der Waals surface area contributed by atoms with Gasteiger partial charge >= 0.3 is 5.97 Å². The highest BCUT2D eigenvalue weighted by Crippen LogP contribution is 2.50. The molecule has 0 spiro atoms. The standard InChI is InChI=1S/C9H14O2/c10-9(11)5-6-3-7-1-2-8(7)4-6/h6-8H,1-5H2,(H,10,11)/t6-,7+,8-. The highest BCUT2D eigenvalue weighted by molar-refractivity contribution is 5.67. The second kappa shape index (κ2) is 2.50. The van der Waals surface area contributed by atoms with Crippen LogP contribution in [0.5, 0.6) is 0 Å². The van der Waals surface area contributed by atoms with Crippen LogP contribution < -0.4 is 0 Å². The molecule has 0 unspecified atom stereocenters. The summed E-state index contributed by atoms with van der Waals surface area (Å²) in [6.07, 6.45) is 5.52. The summed E-state index contributed by atoms with van der Waals surface area (Å²) in [5, 5.41) is 8.57. The highest BCUT2D eigenvalue weighted by Gasteiger charge is 2.40. The lowest BCUT2D eigenvalue weighted by molar-refractivity contribution is -0.138. The Morgan fingerprint density at radius 2 is 1.82 bits per heavy atom. The van der Waals surface area contributed by atoms with E-state index in [4.69, 9.17) is 5.11 Å². The van der Waals surface area contributed by atoms with E-state index in [-0.39, 0.29) is 0 Å². The van der Waals surface area contributed by atoms with Crippen molar-refractivity contribution in [2.24, 2.45) is 17.8 Å². The van der Waals surface area contributed by atoms with Gasteiger partial charge in [0, 0.05) is 6.42 Å². The van der Waals surface area contributed by atoms with Crippen molar-refractivity contribution in [3.63, 3.8) is 0 Å². The van der Waals surface area contributed by atoms with Gasteiger partial charge in [-0.25, -0.2) is 0 Å². The maximum absolute atomic E-state index is 10.4. The predicted octanol–water partition coefficient (Wildman–Crippen LogP) is 1.90. The van der Waals surface area contributed by atoms with Crippen LogP contribution in [0, 0.1) is 17.8 Å². The molecule has 0 aliphatic heterocycles. The largest absolute Gasteiger partial charge is 0.481 e. The molecule has 2 saturated carbocycles. The summed E-state index contributed by atoms with van der Waals surface area (Å²) >= 11 is 0. The quantitative estimate of drug-likeness (QED) is 0.659. The van der Waals surface area contributed by atoms with Gasteiger partial charge in [-0.05, 0) is 43.4 Å². The fourth-order valence-electron chi connectivity index (χ4n) is 2.62. The Kier molecular flexibility index (Phi) is 1.63. The van der Waals surface area contributed by atoms with Crippen LogP contribution in [-0.2, 0) is 4.79 Å². The van der Waals surface area contributed by atoms with Crippen molar-refractivity contribution >= 4 is 5.97 Å². The minimum absolute atomic E-state index is 0.410. The van der Waals surface area contributed by atoms with E-state index in [2.05, 4.69) is 0 Å². The second-order valence-corrected chi connectivity index (χ2v) is 4.03. The molecule has 0 saturated heterocycles. The third-order valence-corrected chi connectivity index (χ3v) is 3.31. The van der Waals surface area contributed by atoms with E-state index >= 15 is 0 Å². The van der Waals surface area contributed by atoms with Crippen LogP contribution in [0.3, 0.4) is 0 Å². The first kappa shape index (κ1) is 7.14. The summed E-state index contributed by atoms with van der Waals surface area (Å²) in [5.41, 5.74) is 0. The monoisotopic (exact) mass is 154 g/mol. The van der Waals surface area contributed by atoms with E-state index in [1.807, 2.05) is 0 Å². The molecule has 2 fully saturated rings. The van der Waals surface area contributed by atoms with Crippen LogP contribution in [0.4, 0.5) is 0 Å². The minimum atomic E-state index is -0.615. The number of carboxylic acid groups (broad SMARTS) is 1. The molecule has 0 heterocycles. The maximum atomic E-state index is 10.4. The van der Waals surface area contributed by atoms with Gasteiger partial charge < -0.3 is 5.11 Å². The van der Waals surface area contributed by atoms with Crippen molar-refractivity contribution in [3.8, 4) is 0 Å². The molecule has 0 aromatic heterocycles. The van der Waals surface area contributed by atoms with Crippen molar-refractivity contribution in [1.29, 1.82) is 0 Å². The van der Waals surface area contributed by atoms with E-state index in [9.17, 15) is 4.79 Å². The van der Waals surface area contributed by atoms with E-state index < -0.39 is 5.97 Å². The van der Waals surface area contributed by atoms with Gasteiger partial charge in [0.25, 0.3) is 0 Å². The highest BCUT2D eigenvalue weighted by atomic mass is 16.4. The van der Waals surface area contributed by atoms with E-state index in [1.165, 1.54) is 25.7 Å². The van der Waals surface area contributed by atoms with Crippen LogP contribution >= 0.6 is 0 Å². The fraction of sp³-hybridized carbons (Fsp3) is 0.889. The first-order chi connectivity index (χ1) is 5.25. The van der Waals surface area contributed by atoms with Gasteiger partial charge in [-0.15, -0.1) is 0 Å². The van der Waals surface area contributed by atoms with Crippen molar-refractivity contribution in [1.82, 2.24) is 0 Å². The Morgan fingerprint density at radius 3 is 2.18 bits per heavy atom. The van der Waals surface area contributed by atoms with E-state index in [0.717, 1.165) is 11.8 Å².